The van der Waals surface area contributed by atoms with Crippen LogP contribution in [0.25, 0.3) is 0 Å². The molecule has 0 aromatic heterocycles. The molecule has 1 aliphatic rings. The Kier molecular flexibility index (Phi) is 16.0. The number of hydrogen-bond acceptors (Lipinski definition) is 3. The molecule has 1 atom stereocenters. The van der Waals surface area contributed by atoms with Gasteiger partial charge in [-0.05, 0) is 19.3 Å². The SMILES string of the molecule is CCCCCCCCCCCCCCCCCC(=O)OC1([SiH](C)C)CCCCO1. The normalized spacial score (nSPS) is 19.6. The Labute approximate surface area is 183 Å². The fourth-order valence-electron chi connectivity index (χ4n) is 4.33. The van der Waals surface area contributed by atoms with Gasteiger partial charge in [-0.2, -0.15) is 0 Å². The van der Waals surface area contributed by atoms with Crippen molar-refractivity contribution in [1.82, 2.24) is 0 Å². The fraction of sp³-hybridized carbons (Fsp3) is 0.960. The summed E-state index contributed by atoms with van der Waals surface area (Å²) in [6.07, 6.45) is 23.9. The molecule has 1 saturated heterocycles. The van der Waals surface area contributed by atoms with Crippen LogP contribution in [0.4, 0.5) is 0 Å². The molecule has 29 heavy (non-hydrogen) atoms. The first kappa shape index (κ1) is 26.7. The van der Waals surface area contributed by atoms with E-state index in [-0.39, 0.29) is 5.97 Å². The van der Waals surface area contributed by atoms with Crippen molar-refractivity contribution in [3.05, 3.63) is 0 Å². The van der Waals surface area contributed by atoms with Crippen LogP contribution in [0.1, 0.15) is 129 Å². The van der Waals surface area contributed by atoms with Gasteiger partial charge in [0, 0.05) is 12.8 Å². The molecule has 4 heteroatoms. The first-order valence-electron chi connectivity index (χ1n) is 13.0. The first-order chi connectivity index (χ1) is 14.1. The van der Waals surface area contributed by atoms with Gasteiger partial charge in [0.2, 0.25) is 0 Å². The van der Waals surface area contributed by atoms with E-state index in [0.717, 1.165) is 38.7 Å². The van der Waals surface area contributed by atoms with E-state index in [4.69, 9.17) is 9.47 Å². The minimum absolute atomic E-state index is 0.0391. The third-order valence-electron chi connectivity index (χ3n) is 6.42. The quantitative estimate of drug-likeness (QED) is 0.128. The van der Waals surface area contributed by atoms with Crippen molar-refractivity contribution in [2.45, 2.75) is 147 Å². The maximum absolute atomic E-state index is 12.3. The van der Waals surface area contributed by atoms with Gasteiger partial charge in [0.15, 0.2) is 5.41 Å². The van der Waals surface area contributed by atoms with Crippen molar-refractivity contribution in [2.75, 3.05) is 6.61 Å². The average Bonchev–Trinajstić information content (AvgIpc) is 2.71. The molecule has 1 rings (SSSR count). The highest BCUT2D eigenvalue weighted by Crippen LogP contribution is 2.29. The number of carbonyl (C=O) groups is 1. The lowest BCUT2D eigenvalue weighted by Crippen LogP contribution is -2.51. The molecule has 0 amide bonds. The standard InChI is InChI=1S/C25H50O3Si/c1-4-5-6-7-8-9-10-11-12-13-14-15-16-17-18-21-24(26)28-25(29(2)3)22-19-20-23-27-25/h29H,4-23H2,1-3H3. The summed E-state index contributed by atoms with van der Waals surface area (Å²) in [6.45, 7) is 7.49. The van der Waals surface area contributed by atoms with E-state index in [9.17, 15) is 4.79 Å². The predicted molar refractivity (Wildman–Crippen MR) is 127 cm³/mol. The van der Waals surface area contributed by atoms with E-state index < -0.39 is 14.2 Å². The summed E-state index contributed by atoms with van der Waals surface area (Å²) in [7, 11) is -1.19. The van der Waals surface area contributed by atoms with Crippen LogP contribution in [0.5, 0.6) is 0 Å². The summed E-state index contributed by atoms with van der Waals surface area (Å²) in [4.78, 5) is 12.3. The van der Waals surface area contributed by atoms with E-state index in [0.29, 0.717) is 6.42 Å². The fourth-order valence-corrected chi connectivity index (χ4v) is 5.93. The largest absolute Gasteiger partial charge is 0.438 e. The second-order valence-corrected chi connectivity index (χ2v) is 12.6. The molecule has 0 radical (unpaired) electrons. The topological polar surface area (TPSA) is 35.5 Å². The summed E-state index contributed by atoms with van der Waals surface area (Å²) in [5.41, 5.74) is -0.523. The highest BCUT2D eigenvalue weighted by molar-refractivity contribution is 6.58. The Morgan fingerprint density at radius 1 is 0.793 bits per heavy atom. The van der Waals surface area contributed by atoms with Crippen molar-refractivity contribution >= 4 is 14.8 Å². The molecule has 1 aliphatic heterocycles. The number of carbonyl (C=O) groups excluding carboxylic acids is 1. The monoisotopic (exact) mass is 426 g/mol. The maximum atomic E-state index is 12.3. The molecule has 1 fully saturated rings. The van der Waals surface area contributed by atoms with Crippen LogP contribution >= 0.6 is 0 Å². The van der Waals surface area contributed by atoms with Crippen molar-refractivity contribution < 1.29 is 14.3 Å². The Morgan fingerprint density at radius 2 is 1.28 bits per heavy atom. The number of rotatable bonds is 18. The van der Waals surface area contributed by atoms with Crippen LogP contribution in [0.3, 0.4) is 0 Å². The van der Waals surface area contributed by atoms with Crippen molar-refractivity contribution in [1.29, 1.82) is 0 Å². The van der Waals surface area contributed by atoms with Gasteiger partial charge in [-0.25, -0.2) is 0 Å². The molecule has 0 saturated carbocycles. The molecular weight excluding hydrogens is 376 g/mol. The van der Waals surface area contributed by atoms with Gasteiger partial charge in [0.1, 0.15) is 8.80 Å². The predicted octanol–water partition coefficient (Wildman–Crippen LogP) is 7.71. The molecule has 0 aromatic rings. The van der Waals surface area contributed by atoms with E-state index in [1.807, 2.05) is 0 Å². The molecule has 0 aromatic carbocycles. The third-order valence-corrected chi connectivity index (χ3v) is 8.75. The smallest absolute Gasteiger partial charge is 0.308 e. The van der Waals surface area contributed by atoms with Gasteiger partial charge in [0.05, 0.1) is 6.61 Å². The van der Waals surface area contributed by atoms with Crippen LogP contribution in [-0.2, 0) is 14.3 Å². The molecule has 1 heterocycles. The summed E-state index contributed by atoms with van der Waals surface area (Å²) < 4.78 is 11.8. The minimum Gasteiger partial charge on any atom is -0.438 e. The zero-order valence-corrected chi connectivity index (χ0v) is 21.1. The number of esters is 1. The van der Waals surface area contributed by atoms with Crippen LogP contribution in [0.2, 0.25) is 13.1 Å². The summed E-state index contributed by atoms with van der Waals surface area (Å²) in [5.74, 6) is -0.0391. The van der Waals surface area contributed by atoms with Gasteiger partial charge in [0.25, 0.3) is 0 Å². The highest BCUT2D eigenvalue weighted by atomic mass is 28.3. The lowest BCUT2D eigenvalue weighted by molar-refractivity contribution is -0.209. The Morgan fingerprint density at radius 3 is 1.69 bits per heavy atom. The Bertz CT molecular complexity index is 392. The molecule has 3 nitrogen and oxygen atoms in total. The van der Waals surface area contributed by atoms with Crippen molar-refractivity contribution in [3.63, 3.8) is 0 Å². The van der Waals surface area contributed by atoms with E-state index in [2.05, 4.69) is 20.0 Å². The Balaban J connectivity index is 1.89. The van der Waals surface area contributed by atoms with Gasteiger partial charge in [-0.3, -0.25) is 4.79 Å². The van der Waals surface area contributed by atoms with E-state index >= 15 is 0 Å². The summed E-state index contributed by atoms with van der Waals surface area (Å²) >= 11 is 0. The molecule has 0 aliphatic carbocycles. The molecule has 1 unspecified atom stereocenters. The average molecular weight is 427 g/mol. The molecular formula is C25H50O3Si. The van der Waals surface area contributed by atoms with Crippen LogP contribution in [0.15, 0.2) is 0 Å². The van der Waals surface area contributed by atoms with Crippen LogP contribution < -0.4 is 0 Å². The highest BCUT2D eigenvalue weighted by Gasteiger charge is 2.40. The first-order valence-corrected chi connectivity index (χ1v) is 15.8. The van der Waals surface area contributed by atoms with Gasteiger partial charge in [-0.15, -0.1) is 0 Å². The summed E-state index contributed by atoms with van der Waals surface area (Å²) in [6, 6.07) is 0. The molecule has 0 bridgehead atoms. The minimum atomic E-state index is -1.19. The van der Waals surface area contributed by atoms with E-state index in [1.54, 1.807) is 0 Å². The van der Waals surface area contributed by atoms with Crippen LogP contribution in [0, 0.1) is 0 Å². The van der Waals surface area contributed by atoms with Crippen molar-refractivity contribution in [2.24, 2.45) is 0 Å². The summed E-state index contributed by atoms with van der Waals surface area (Å²) in [5, 5.41) is 0. The molecule has 0 N–H and O–H groups in total. The van der Waals surface area contributed by atoms with Crippen molar-refractivity contribution in [3.8, 4) is 0 Å². The zero-order valence-electron chi connectivity index (χ0n) is 19.9. The second kappa shape index (κ2) is 17.3. The maximum Gasteiger partial charge on any atom is 0.308 e. The molecule has 172 valence electrons. The number of hydrogen-bond donors (Lipinski definition) is 0. The zero-order chi connectivity index (χ0) is 21.2. The second-order valence-electron chi connectivity index (χ2n) is 9.45. The third kappa shape index (κ3) is 12.8. The van der Waals surface area contributed by atoms with E-state index in [1.165, 1.54) is 83.5 Å². The lowest BCUT2D eigenvalue weighted by atomic mass is 10.0. The number of ether oxygens (including phenoxy) is 2. The van der Waals surface area contributed by atoms with Crippen LogP contribution in [-0.4, -0.2) is 26.8 Å². The lowest BCUT2D eigenvalue weighted by Gasteiger charge is -2.39. The molecule has 0 spiro atoms. The van der Waals surface area contributed by atoms with Gasteiger partial charge >= 0.3 is 5.97 Å². The Hall–Kier alpha value is -0.353. The van der Waals surface area contributed by atoms with Gasteiger partial charge in [-0.1, -0.05) is 110 Å². The number of unbranched alkanes of at least 4 members (excludes halogenated alkanes) is 14. The van der Waals surface area contributed by atoms with Gasteiger partial charge < -0.3 is 9.47 Å².